The van der Waals surface area contributed by atoms with E-state index in [1.165, 1.54) is 0 Å². The maximum Gasteiger partial charge on any atom is 0.352 e. The number of nitrogens with zero attached hydrogens (tertiary/aromatic N) is 3. The highest BCUT2D eigenvalue weighted by Gasteiger charge is 2.20. The first-order valence-corrected chi connectivity index (χ1v) is 10.7. The van der Waals surface area contributed by atoms with Crippen LogP contribution in [-0.4, -0.2) is 20.3 Å². The Kier molecular flexibility index (Phi) is 6.51. The number of nitrogens with one attached hydrogen (secondary N) is 1. The molecule has 166 valence electrons. The van der Waals surface area contributed by atoms with Crippen molar-refractivity contribution in [1.82, 2.24) is 19.7 Å². The van der Waals surface area contributed by atoms with E-state index in [1.807, 2.05) is 61.5 Å². The van der Waals surface area contributed by atoms with E-state index in [4.69, 9.17) is 11.6 Å². The minimum absolute atomic E-state index is 0.0133. The molecule has 1 amide bonds. The molecular weight excluding hydrogens is 440 g/mol. The third kappa shape index (κ3) is 4.94. The molecule has 8 heteroatoms. The molecule has 1 aromatic heterocycles. The van der Waals surface area contributed by atoms with Gasteiger partial charge in [-0.2, -0.15) is 9.78 Å². The van der Waals surface area contributed by atoms with Crippen LogP contribution in [0.1, 0.15) is 27.2 Å². The van der Waals surface area contributed by atoms with Crippen LogP contribution in [0.3, 0.4) is 0 Å². The van der Waals surface area contributed by atoms with Crippen LogP contribution in [0.25, 0.3) is 5.69 Å². The van der Waals surface area contributed by atoms with Crippen LogP contribution in [-0.2, 0) is 13.1 Å². The molecule has 4 aromatic rings. The van der Waals surface area contributed by atoms with Crippen molar-refractivity contribution in [3.63, 3.8) is 0 Å². The summed E-state index contributed by atoms with van der Waals surface area (Å²) in [6, 6.07) is 23.2. The quantitative estimate of drug-likeness (QED) is 0.478. The van der Waals surface area contributed by atoms with Crippen LogP contribution in [0, 0.1) is 6.92 Å². The topological polar surface area (TPSA) is 86.0 Å². The Morgan fingerprint density at radius 1 is 0.939 bits per heavy atom. The maximum absolute atomic E-state index is 13.2. The Morgan fingerprint density at radius 3 is 2.30 bits per heavy atom. The van der Waals surface area contributed by atoms with Gasteiger partial charge >= 0.3 is 5.69 Å². The molecule has 3 aromatic carbocycles. The highest BCUT2D eigenvalue weighted by molar-refractivity contribution is 6.30. The average Bonchev–Trinajstić information content (AvgIpc) is 2.83. The molecule has 0 radical (unpaired) electrons. The lowest BCUT2D eigenvalue weighted by Crippen LogP contribution is -2.46. The Balaban J connectivity index is 1.79. The van der Waals surface area contributed by atoms with Crippen molar-refractivity contribution in [2.75, 3.05) is 0 Å². The molecule has 4 rings (SSSR count). The number of hydrogen-bond acceptors (Lipinski definition) is 4. The number of aryl methyl sites for hydroxylation is 1. The zero-order valence-corrected chi connectivity index (χ0v) is 18.6. The fourth-order valence-electron chi connectivity index (χ4n) is 3.37. The highest BCUT2D eigenvalue weighted by Crippen LogP contribution is 2.12. The van der Waals surface area contributed by atoms with Crippen molar-refractivity contribution >= 4 is 17.5 Å². The van der Waals surface area contributed by atoms with Gasteiger partial charge in [0.2, 0.25) is 5.69 Å². The fourth-order valence-corrected chi connectivity index (χ4v) is 3.49. The van der Waals surface area contributed by atoms with E-state index in [0.29, 0.717) is 10.7 Å². The first-order valence-electron chi connectivity index (χ1n) is 10.3. The molecule has 0 unspecified atom stereocenters. The van der Waals surface area contributed by atoms with E-state index < -0.39 is 17.2 Å². The Labute approximate surface area is 194 Å². The number of carbonyl (C=O) groups is 1. The lowest BCUT2D eigenvalue weighted by atomic mass is 10.1. The highest BCUT2D eigenvalue weighted by atomic mass is 35.5. The third-order valence-electron chi connectivity index (χ3n) is 5.23. The van der Waals surface area contributed by atoms with Gasteiger partial charge in [-0.3, -0.25) is 14.2 Å². The van der Waals surface area contributed by atoms with Crippen LogP contribution in [0.4, 0.5) is 0 Å². The summed E-state index contributed by atoms with van der Waals surface area (Å²) < 4.78 is 2.08. The van der Waals surface area contributed by atoms with Crippen LogP contribution in [0.15, 0.2) is 88.5 Å². The summed E-state index contributed by atoms with van der Waals surface area (Å²) in [5.74, 6) is -0.662. The predicted octanol–water partition coefficient (Wildman–Crippen LogP) is 3.33. The lowest BCUT2D eigenvalue weighted by molar-refractivity contribution is 0.0941. The van der Waals surface area contributed by atoms with Crippen molar-refractivity contribution in [2.45, 2.75) is 20.0 Å². The Bertz CT molecular complexity index is 1410. The molecule has 0 saturated carbocycles. The number of halogens is 1. The third-order valence-corrected chi connectivity index (χ3v) is 5.48. The fraction of sp³-hybridized carbons (Fsp3) is 0.120. The summed E-state index contributed by atoms with van der Waals surface area (Å²) in [6.45, 7) is 2.13. The molecule has 7 nitrogen and oxygen atoms in total. The van der Waals surface area contributed by atoms with Gasteiger partial charge in [-0.25, -0.2) is 4.79 Å². The van der Waals surface area contributed by atoms with Crippen molar-refractivity contribution in [3.8, 4) is 5.69 Å². The first kappa shape index (κ1) is 22.2. The van der Waals surface area contributed by atoms with E-state index in [-0.39, 0.29) is 18.8 Å². The predicted molar refractivity (Wildman–Crippen MR) is 127 cm³/mol. The molecular formula is C25H21ClN4O3. The van der Waals surface area contributed by atoms with E-state index in [9.17, 15) is 14.4 Å². The summed E-state index contributed by atoms with van der Waals surface area (Å²) in [5, 5.41) is 7.33. The number of carbonyl (C=O) groups excluding carboxylic acids is 1. The average molecular weight is 461 g/mol. The second-order valence-corrected chi connectivity index (χ2v) is 7.94. The molecule has 0 bridgehead atoms. The first-order chi connectivity index (χ1) is 15.9. The smallest absolute Gasteiger partial charge is 0.346 e. The van der Waals surface area contributed by atoms with Crippen LogP contribution in [0.2, 0.25) is 5.02 Å². The molecule has 0 spiro atoms. The van der Waals surface area contributed by atoms with Crippen LogP contribution >= 0.6 is 11.6 Å². The van der Waals surface area contributed by atoms with Gasteiger partial charge in [0.1, 0.15) is 0 Å². The summed E-state index contributed by atoms with van der Waals surface area (Å²) in [5.41, 5.74) is 1.21. The van der Waals surface area contributed by atoms with Gasteiger partial charge in [0.25, 0.3) is 11.5 Å². The molecule has 1 heterocycles. The summed E-state index contributed by atoms with van der Waals surface area (Å²) in [4.78, 5) is 39.4. The minimum atomic E-state index is -0.751. The molecule has 33 heavy (non-hydrogen) atoms. The van der Waals surface area contributed by atoms with E-state index in [1.54, 1.807) is 24.3 Å². The zero-order valence-electron chi connectivity index (χ0n) is 17.9. The monoisotopic (exact) mass is 460 g/mol. The summed E-state index contributed by atoms with van der Waals surface area (Å²) in [7, 11) is 0. The molecule has 0 aliphatic rings. The Morgan fingerprint density at radius 2 is 1.61 bits per heavy atom. The van der Waals surface area contributed by atoms with Crippen molar-refractivity contribution in [2.24, 2.45) is 0 Å². The maximum atomic E-state index is 13.2. The van der Waals surface area contributed by atoms with E-state index in [0.717, 1.165) is 25.9 Å². The second kappa shape index (κ2) is 9.67. The zero-order chi connectivity index (χ0) is 23.4. The lowest BCUT2D eigenvalue weighted by Gasteiger charge is -2.13. The van der Waals surface area contributed by atoms with E-state index >= 15 is 0 Å². The number of hydrogen-bond donors (Lipinski definition) is 1. The van der Waals surface area contributed by atoms with Crippen molar-refractivity contribution in [3.05, 3.63) is 127 Å². The standard InChI is InChI=1S/C25H21ClN4O3/c1-17-7-5-6-10-19(17)16-29-24(32)22(23(31)27-15-18-8-3-2-4-9-18)28-30(25(29)33)21-13-11-20(26)12-14-21/h2-14H,15-16H2,1H3,(H,27,31). The van der Waals surface area contributed by atoms with Crippen LogP contribution in [0.5, 0.6) is 0 Å². The number of benzene rings is 3. The number of amides is 1. The summed E-state index contributed by atoms with van der Waals surface area (Å²) in [6.07, 6.45) is 0. The van der Waals surface area contributed by atoms with Gasteiger partial charge in [0.15, 0.2) is 0 Å². The molecule has 1 N–H and O–H groups in total. The molecule has 0 saturated heterocycles. The molecule has 0 fully saturated rings. The van der Waals surface area contributed by atoms with Crippen LogP contribution < -0.4 is 16.6 Å². The van der Waals surface area contributed by atoms with Gasteiger partial charge in [0.05, 0.1) is 12.2 Å². The largest absolute Gasteiger partial charge is 0.352 e. The molecule has 0 aliphatic heterocycles. The Hall–Kier alpha value is -3.97. The van der Waals surface area contributed by atoms with E-state index in [2.05, 4.69) is 10.4 Å². The summed E-state index contributed by atoms with van der Waals surface area (Å²) >= 11 is 5.97. The van der Waals surface area contributed by atoms with Gasteiger partial charge in [-0.15, -0.1) is 0 Å². The minimum Gasteiger partial charge on any atom is -0.346 e. The number of aromatic nitrogens is 3. The molecule has 0 atom stereocenters. The van der Waals surface area contributed by atoms with Gasteiger partial charge in [0, 0.05) is 11.6 Å². The van der Waals surface area contributed by atoms with Gasteiger partial charge in [-0.05, 0) is 47.9 Å². The molecule has 0 aliphatic carbocycles. The van der Waals surface area contributed by atoms with Gasteiger partial charge < -0.3 is 5.32 Å². The number of rotatable bonds is 6. The normalized spacial score (nSPS) is 10.7. The van der Waals surface area contributed by atoms with Gasteiger partial charge in [-0.1, -0.05) is 66.2 Å². The second-order valence-electron chi connectivity index (χ2n) is 7.51. The van der Waals surface area contributed by atoms with Crippen molar-refractivity contribution in [1.29, 1.82) is 0 Å². The SMILES string of the molecule is Cc1ccccc1Cn1c(=O)c(C(=O)NCc2ccccc2)nn(-c2ccc(Cl)cc2)c1=O. The van der Waals surface area contributed by atoms with Crippen molar-refractivity contribution < 1.29 is 4.79 Å².